The zero-order valence-corrected chi connectivity index (χ0v) is 10.7. The van der Waals surface area contributed by atoms with Gasteiger partial charge in [0.25, 0.3) is 0 Å². The summed E-state index contributed by atoms with van der Waals surface area (Å²) in [4.78, 5) is 4.43. The van der Waals surface area contributed by atoms with E-state index >= 15 is 0 Å². The number of benzene rings is 1. The van der Waals surface area contributed by atoms with Gasteiger partial charge in [-0.25, -0.2) is 4.98 Å². The third-order valence-corrected chi connectivity index (χ3v) is 2.71. The Morgan fingerprint density at radius 1 is 1.27 bits per heavy atom. The van der Waals surface area contributed by atoms with Crippen LogP contribution in [0.25, 0.3) is 11.3 Å². The summed E-state index contributed by atoms with van der Waals surface area (Å²) < 4.78 is 6.64. The fraction of sp³-hybridized carbons (Fsp3) is 0.250. The molecule has 2 rings (SSSR count). The number of rotatable bonds is 3. The van der Waals surface area contributed by atoms with E-state index in [0.717, 1.165) is 33.8 Å². The van der Waals surface area contributed by atoms with Gasteiger partial charge in [-0.1, -0.05) is 52.9 Å². The van der Waals surface area contributed by atoms with Crippen molar-refractivity contribution in [2.45, 2.75) is 13.3 Å². The number of hydrogen-bond acceptors (Lipinski definition) is 2. The predicted molar refractivity (Wildman–Crippen MR) is 69.3 cm³/mol. The van der Waals surface area contributed by atoms with E-state index in [1.165, 1.54) is 0 Å². The van der Waals surface area contributed by atoms with E-state index in [-0.39, 0.29) is 0 Å². The first-order valence-corrected chi connectivity index (χ1v) is 6.41. The van der Waals surface area contributed by atoms with Crippen molar-refractivity contribution in [2.24, 2.45) is 0 Å². The summed E-state index contributed by atoms with van der Waals surface area (Å²) >= 11 is 2.35. The van der Waals surface area contributed by atoms with Gasteiger partial charge in [-0.15, -0.1) is 0 Å². The average molecular weight is 313 g/mol. The summed E-state index contributed by atoms with van der Waals surface area (Å²) in [6.07, 6.45) is 0.936. The molecule has 0 amide bonds. The minimum atomic E-state index is 0.744. The Morgan fingerprint density at radius 3 is 2.67 bits per heavy atom. The molecule has 0 saturated carbocycles. The van der Waals surface area contributed by atoms with Gasteiger partial charge in [-0.05, 0) is 0 Å². The van der Waals surface area contributed by atoms with Crippen LogP contribution in [0.1, 0.15) is 11.7 Å². The molecular formula is C12H12INO. The second kappa shape index (κ2) is 4.79. The van der Waals surface area contributed by atoms with Crippen LogP contribution in [-0.4, -0.2) is 9.41 Å². The minimum Gasteiger partial charge on any atom is -0.445 e. The van der Waals surface area contributed by atoms with Gasteiger partial charge in [-0.3, -0.25) is 0 Å². The molecule has 1 aromatic carbocycles. The Bertz CT molecular complexity index is 436. The van der Waals surface area contributed by atoms with Crippen molar-refractivity contribution in [3.05, 3.63) is 42.0 Å². The lowest BCUT2D eigenvalue weighted by Gasteiger charge is -1.98. The van der Waals surface area contributed by atoms with Gasteiger partial charge in [0.2, 0.25) is 0 Å². The van der Waals surface area contributed by atoms with Crippen LogP contribution in [0.15, 0.2) is 34.7 Å². The third-order valence-electron chi connectivity index (χ3n) is 2.17. The Hall–Kier alpha value is -0.840. The SMILES string of the molecule is Cc1nc(-c2ccccc2)c(CCI)o1. The number of nitrogens with zero attached hydrogens (tertiary/aromatic N) is 1. The smallest absolute Gasteiger partial charge is 0.191 e. The summed E-state index contributed by atoms with van der Waals surface area (Å²) in [6.45, 7) is 1.89. The van der Waals surface area contributed by atoms with Crippen LogP contribution in [0.3, 0.4) is 0 Å². The molecule has 2 nitrogen and oxygen atoms in total. The standard InChI is InChI=1S/C12H12INO/c1-9-14-12(11(15-9)7-8-13)10-5-3-2-4-6-10/h2-6H,7-8H2,1H3. The maximum Gasteiger partial charge on any atom is 0.191 e. The van der Waals surface area contributed by atoms with E-state index in [2.05, 4.69) is 39.7 Å². The number of hydrogen-bond donors (Lipinski definition) is 0. The molecule has 15 heavy (non-hydrogen) atoms. The second-order valence-electron chi connectivity index (χ2n) is 3.31. The van der Waals surface area contributed by atoms with Gasteiger partial charge in [0, 0.05) is 23.3 Å². The molecule has 1 aromatic heterocycles. The number of halogens is 1. The van der Waals surface area contributed by atoms with E-state index in [1.807, 2.05) is 25.1 Å². The number of aryl methyl sites for hydroxylation is 2. The predicted octanol–water partition coefficient (Wildman–Crippen LogP) is 3.63. The van der Waals surface area contributed by atoms with Crippen molar-refractivity contribution >= 4 is 22.6 Å². The van der Waals surface area contributed by atoms with Crippen molar-refractivity contribution in [1.29, 1.82) is 0 Å². The highest BCUT2D eigenvalue weighted by atomic mass is 127. The number of alkyl halides is 1. The normalized spacial score (nSPS) is 10.5. The van der Waals surface area contributed by atoms with Crippen LogP contribution in [-0.2, 0) is 6.42 Å². The molecule has 0 fully saturated rings. The maximum absolute atomic E-state index is 5.59. The summed E-state index contributed by atoms with van der Waals surface area (Å²) in [5, 5.41) is 0. The molecule has 0 aliphatic carbocycles. The molecular weight excluding hydrogens is 301 g/mol. The van der Waals surface area contributed by atoms with Crippen LogP contribution in [0, 0.1) is 6.92 Å². The van der Waals surface area contributed by atoms with Gasteiger partial charge in [0.05, 0.1) is 0 Å². The van der Waals surface area contributed by atoms with Gasteiger partial charge in [0.1, 0.15) is 11.5 Å². The minimum absolute atomic E-state index is 0.744. The van der Waals surface area contributed by atoms with Gasteiger partial charge >= 0.3 is 0 Å². The molecule has 0 aliphatic rings. The van der Waals surface area contributed by atoms with Crippen molar-refractivity contribution in [1.82, 2.24) is 4.98 Å². The highest BCUT2D eigenvalue weighted by Gasteiger charge is 2.11. The van der Waals surface area contributed by atoms with Crippen LogP contribution in [0.5, 0.6) is 0 Å². The van der Waals surface area contributed by atoms with Gasteiger partial charge in [0.15, 0.2) is 5.89 Å². The van der Waals surface area contributed by atoms with E-state index in [4.69, 9.17) is 4.42 Å². The van der Waals surface area contributed by atoms with E-state index in [1.54, 1.807) is 0 Å². The van der Waals surface area contributed by atoms with E-state index in [9.17, 15) is 0 Å². The topological polar surface area (TPSA) is 26.0 Å². The van der Waals surface area contributed by atoms with Crippen LogP contribution >= 0.6 is 22.6 Å². The summed E-state index contributed by atoms with van der Waals surface area (Å²) in [5.74, 6) is 1.74. The van der Waals surface area contributed by atoms with Crippen LogP contribution in [0.2, 0.25) is 0 Å². The summed E-state index contributed by atoms with van der Waals surface area (Å²) in [6, 6.07) is 10.2. The lowest BCUT2D eigenvalue weighted by molar-refractivity contribution is 0.482. The zero-order chi connectivity index (χ0) is 10.7. The molecule has 0 unspecified atom stereocenters. The van der Waals surface area contributed by atoms with E-state index in [0.29, 0.717) is 0 Å². The summed E-state index contributed by atoms with van der Waals surface area (Å²) in [7, 11) is 0. The molecule has 3 heteroatoms. The molecule has 0 N–H and O–H groups in total. The van der Waals surface area contributed by atoms with Crippen molar-refractivity contribution in [3.63, 3.8) is 0 Å². The average Bonchev–Trinajstić information content (AvgIpc) is 2.62. The zero-order valence-electron chi connectivity index (χ0n) is 8.53. The molecule has 2 aromatic rings. The molecule has 0 radical (unpaired) electrons. The molecule has 1 heterocycles. The van der Waals surface area contributed by atoms with Gasteiger partial charge < -0.3 is 4.42 Å². The summed E-state index contributed by atoms with van der Waals surface area (Å²) in [5.41, 5.74) is 2.12. The molecule has 0 spiro atoms. The van der Waals surface area contributed by atoms with E-state index < -0.39 is 0 Å². The highest BCUT2D eigenvalue weighted by Crippen LogP contribution is 2.24. The Kier molecular flexibility index (Phi) is 3.41. The number of aromatic nitrogens is 1. The Labute approximate surface area is 103 Å². The quantitative estimate of drug-likeness (QED) is 0.639. The Balaban J connectivity index is 2.43. The molecule has 78 valence electrons. The monoisotopic (exact) mass is 313 g/mol. The maximum atomic E-state index is 5.59. The molecule has 0 saturated heterocycles. The fourth-order valence-electron chi connectivity index (χ4n) is 1.55. The Morgan fingerprint density at radius 2 is 2.00 bits per heavy atom. The van der Waals surface area contributed by atoms with Crippen molar-refractivity contribution < 1.29 is 4.42 Å². The first-order valence-electron chi connectivity index (χ1n) is 4.89. The van der Waals surface area contributed by atoms with Crippen molar-refractivity contribution in [3.8, 4) is 11.3 Å². The lowest BCUT2D eigenvalue weighted by atomic mass is 10.1. The highest BCUT2D eigenvalue weighted by molar-refractivity contribution is 14.1. The third kappa shape index (κ3) is 2.40. The fourth-order valence-corrected chi connectivity index (χ4v) is 2.04. The molecule has 0 bridgehead atoms. The van der Waals surface area contributed by atoms with Gasteiger partial charge in [-0.2, -0.15) is 0 Å². The second-order valence-corrected chi connectivity index (χ2v) is 4.39. The molecule has 0 atom stereocenters. The van der Waals surface area contributed by atoms with Crippen LogP contribution in [0.4, 0.5) is 0 Å². The number of oxazole rings is 1. The van der Waals surface area contributed by atoms with Crippen LogP contribution < -0.4 is 0 Å². The first kappa shape index (κ1) is 10.7. The largest absolute Gasteiger partial charge is 0.445 e. The van der Waals surface area contributed by atoms with Crippen molar-refractivity contribution in [2.75, 3.05) is 4.43 Å². The lowest BCUT2D eigenvalue weighted by Crippen LogP contribution is -1.87. The molecule has 0 aliphatic heterocycles. The first-order chi connectivity index (χ1) is 7.31.